The highest BCUT2D eigenvalue weighted by Gasteiger charge is 2.27. The molecule has 0 saturated heterocycles. The van der Waals surface area contributed by atoms with Gasteiger partial charge in [0, 0.05) is 28.2 Å². The number of amides is 1. The molecule has 0 spiro atoms. The average Bonchev–Trinajstić information content (AvgIpc) is 3.17. The minimum atomic E-state index is -4.04. The van der Waals surface area contributed by atoms with Gasteiger partial charge in [0.15, 0.2) is 0 Å². The molecular formula is C26H23Cl2N5O3S. The van der Waals surface area contributed by atoms with Gasteiger partial charge in [0.25, 0.3) is 15.9 Å². The van der Waals surface area contributed by atoms with E-state index in [0.717, 1.165) is 26.9 Å². The van der Waals surface area contributed by atoms with Crippen LogP contribution >= 0.6 is 23.2 Å². The summed E-state index contributed by atoms with van der Waals surface area (Å²) < 4.78 is 29.4. The van der Waals surface area contributed by atoms with Crippen molar-refractivity contribution in [2.24, 2.45) is 5.10 Å². The summed E-state index contributed by atoms with van der Waals surface area (Å²) in [6, 6.07) is 19.8. The van der Waals surface area contributed by atoms with Crippen molar-refractivity contribution < 1.29 is 13.2 Å². The quantitative estimate of drug-likeness (QED) is 0.240. The highest BCUT2D eigenvalue weighted by atomic mass is 35.5. The van der Waals surface area contributed by atoms with Gasteiger partial charge < -0.3 is 4.57 Å². The van der Waals surface area contributed by atoms with E-state index in [1.807, 2.05) is 24.5 Å². The van der Waals surface area contributed by atoms with E-state index in [0.29, 0.717) is 10.0 Å². The van der Waals surface area contributed by atoms with Crippen LogP contribution in [0.5, 0.6) is 0 Å². The van der Waals surface area contributed by atoms with E-state index < -0.39 is 22.5 Å². The monoisotopic (exact) mass is 555 g/mol. The number of anilines is 1. The summed E-state index contributed by atoms with van der Waals surface area (Å²) in [5.41, 5.74) is 5.61. The van der Waals surface area contributed by atoms with Crippen molar-refractivity contribution in [3.8, 4) is 5.69 Å². The van der Waals surface area contributed by atoms with Crippen molar-refractivity contribution in [3.05, 3.63) is 106 Å². The van der Waals surface area contributed by atoms with Gasteiger partial charge in [0.2, 0.25) is 0 Å². The van der Waals surface area contributed by atoms with Crippen LogP contribution in [-0.4, -0.2) is 36.6 Å². The number of pyridine rings is 1. The van der Waals surface area contributed by atoms with Crippen LogP contribution in [0, 0.1) is 13.8 Å². The van der Waals surface area contributed by atoms with Crippen molar-refractivity contribution in [3.63, 3.8) is 0 Å². The number of hydrogen-bond acceptors (Lipinski definition) is 5. The van der Waals surface area contributed by atoms with Gasteiger partial charge >= 0.3 is 0 Å². The normalized spacial score (nSPS) is 11.6. The number of benzene rings is 2. The molecule has 37 heavy (non-hydrogen) atoms. The fourth-order valence-electron chi connectivity index (χ4n) is 3.80. The number of rotatable bonds is 8. The highest BCUT2D eigenvalue weighted by molar-refractivity contribution is 7.92. The van der Waals surface area contributed by atoms with Crippen molar-refractivity contribution in [2.45, 2.75) is 18.7 Å². The molecule has 0 saturated carbocycles. The van der Waals surface area contributed by atoms with E-state index >= 15 is 0 Å². The molecule has 0 atom stereocenters. The zero-order valence-electron chi connectivity index (χ0n) is 20.0. The summed E-state index contributed by atoms with van der Waals surface area (Å²) in [4.78, 5) is 16.9. The Balaban J connectivity index is 1.54. The molecule has 8 nitrogen and oxygen atoms in total. The fraction of sp³-hybridized carbons (Fsp3) is 0.115. The van der Waals surface area contributed by atoms with Gasteiger partial charge in [-0.1, -0.05) is 47.5 Å². The lowest BCUT2D eigenvalue weighted by Gasteiger charge is -2.22. The first-order valence-electron chi connectivity index (χ1n) is 11.1. The van der Waals surface area contributed by atoms with E-state index in [1.54, 1.807) is 48.5 Å². The van der Waals surface area contributed by atoms with Gasteiger partial charge in [-0.3, -0.25) is 4.79 Å². The Bertz CT molecular complexity index is 1560. The SMILES string of the molecule is Cc1cc(/C=N\NC(=O)CN(c2ccccn2)S(=O)(=O)c2ccccc2)c(C)n1-c1cc(Cl)ccc1Cl. The largest absolute Gasteiger partial charge is 0.316 e. The van der Waals surface area contributed by atoms with Crippen LogP contribution in [0.4, 0.5) is 5.82 Å². The van der Waals surface area contributed by atoms with Crippen molar-refractivity contribution in [1.82, 2.24) is 15.0 Å². The third-order valence-corrected chi connectivity index (χ3v) is 7.85. The Hall–Kier alpha value is -3.66. The summed E-state index contributed by atoms with van der Waals surface area (Å²) in [7, 11) is -4.04. The third-order valence-electron chi connectivity index (χ3n) is 5.54. The lowest BCUT2D eigenvalue weighted by Crippen LogP contribution is -2.40. The first-order chi connectivity index (χ1) is 17.7. The summed E-state index contributed by atoms with van der Waals surface area (Å²) in [5, 5.41) is 5.15. The molecule has 0 fully saturated rings. The number of sulfonamides is 1. The molecule has 1 amide bonds. The number of carbonyl (C=O) groups excluding carboxylic acids is 1. The van der Waals surface area contributed by atoms with Crippen LogP contribution in [-0.2, 0) is 14.8 Å². The molecule has 190 valence electrons. The average molecular weight is 556 g/mol. The molecule has 0 radical (unpaired) electrons. The second-order valence-corrected chi connectivity index (χ2v) is 10.8. The number of halogens is 2. The van der Waals surface area contributed by atoms with E-state index in [1.165, 1.54) is 30.6 Å². The summed E-state index contributed by atoms with van der Waals surface area (Å²) in [5.74, 6) is -0.513. The Labute approximate surface area is 225 Å². The Kier molecular flexibility index (Phi) is 7.97. The Morgan fingerprint density at radius 2 is 1.78 bits per heavy atom. The zero-order valence-corrected chi connectivity index (χ0v) is 22.3. The van der Waals surface area contributed by atoms with Gasteiger partial charge in [-0.2, -0.15) is 5.10 Å². The fourth-order valence-corrected chi connectivity index (χ4v) is 5.56. The highest BCUT2D eigenvalue weighted by Crippen LogP contribution is 2.28. The standard InChI is InChI=1S/C26H23Cl2N5O3S/c1-18-14-20(19(2)33(18)24-15-21(27)11-12-23(24)28)16-30-31-26(34)17-32(25-10-6-7-13-29-25)37(35,36)22-8-4-3-5-9-22/h3-16H,17H2,1-2H3,(H,31,34)/b30-16-. The molecule has 1 N–H and O–H groups in total. The van der Waals surface area contributed by atoms with Crippen LogP contribution in [0.1, 0.15) is 17.0 Å². The topological polar surface area (TPSA) is 96.7 Å². The van der Waals surface area contributed by atoms with Crippen LogP contribution in [0.15, 0.2) is 89.0 Å². The smallest absolute Gasteiger partial charge is 0.265 e. The van der Waals surface area contributed by atoms with E-state index in [2.05, 4.69) is 15.5 Å². The number of hydrogen-bond donors (Lipinski definition) is 1. The second kappa shape index (κ2) is 11.2. The predicted octanol–water partition coefficient (Wildman–Crippen LogP) is 5.14. The van der Waals surface area contributed by atoms with Crippen LogP contribution in [0.25, 0.3) is 5.69 Å². The van der Waals surface area contributed by atoms with Crippen LogP contribution in [0.3, 0.4) is 0 Å². The molecule has 0 unspecified atom stereocenters. The van der Waals surface area contributed by atoms with Gasteiger partial charge in [0.1, 0.15) is 12.4 Å². The molecule has 0 bridgehead atoms. The summed E-state index contributed by atoms with van der Waals surface area (Å²) in [6.07, 6.45) is 2.95. The number of carbonyl (C=O) groups is 1. The molecule has 4 rings (SSSR count). The van der Waals surface area contributed by atoms with E-state index in [-0.39, 0.29) is 10.7 Å². The van der Waals surface area contributed by atoms with E-state index in [9.17, 15) is 13.2 Å². The minimum absolute atomic E-state index is 0.0454. The van der Waals surface area contributed by atoms with Crippen LogP contribution < -0.4 is 9.73 Å². The number of nitrogens with zero attached hydrogens (tertiary/aromatic N) is 4. The maximum atomic E-state index is 13.3. The maximum Gasteiger partial charge on any atom is 0.265 e. The number of aryl methyl sites for hydroxylation is 1. The molecule has 4 aromatic rings. The Morgan fingerprint density at radius 1 is 1.05 bits per heavy atom. The third kappa shape index (κ3) is 5.85. The van der Waals surface area contributed by atoms with Crippen molar-refractivity contribution >= 4 is 51.2 Å². The molecule has 0 aliphatic heterocycles. The molecular weight excluding hydrogens is 533 g/mol. The number of aromatic nitrogens is 2. The molecule has 0 aliphatic carbocycles. The number of hydrazone groups is 1. The Morgan fingerprint density at radius 3 is 2.49 bits per heavy atom. The van der Waals surface area contributed by atoms with Gasteiger partial charge in [-0.05, 0) is 62.4 Å². The maximum absolute atomic E-state index is 13.3. The molecule has 2 aromatic carbocycles. The molecule has 0 aliphatic rings. The van der Waals surface area contributed by atoms with Crippen molar-refractivity contribution in [2.75, 3.05) is 10.8 Å². The van der Waals surface area contributed by atoms with Crippen molar-refractivity contribution in [1.29, 1.82) is 0 Å². The van der Waals surface area contributed by atoms with Crippen LogP contribution in [0.2, 0.25) is 10.0 Å². The van der Waals surface area contributed by atoms with Gasteiger partial charge in [-0.25, -0.2) is 23.1 Å². The first kappa shape index (κ1) is 26.4. The molecule has 2 heterocycles. The zero-order chi connectivity index (χ0) is 26.6. The summed E-state index contributed by atoms with van der Waals surface area (Å²) in [6.45, 7) is 3.30. The van der Waals surface area contributed by atoms with Gasteiger partial charge in [0.05, 0.1) is 21.8 Å². The lowest BCUT2D eigenvalue weighted by molar-refractivity contribution is -0.119. The summed E-state index contributed by atoms with van der Waals surface area (Å²) >= 11 is 12.5. The first-order valence-corrected chi connectivity index (χ1v) is 13.3. The minimum Gasteiger partial charge on any atom is -0.316 e. The number of nitrogens with one attached hydrogen (secondary N) is 1. The molecule has 2 aromatic heterocycles. The predicted molar refractivity (Wildman–Crippen MR) is 146 cm³/mol. The lowest BCUT2D eigenvalue weighted by atomic mass is 10.2. The molecule has 11 heteroatoms. The van der Waals surface area contributed by atoms with Gasteiger partial charge in [-0.15, -0.1) is 0 Å². The second-order valence-electron chi connectivity index (χ2n) is 8.06. The van der Waals surface area contributed by atoms with E-state index in [4.69, 9.17) is 23.2 Å².